The van der Waals surface area contributed by atoms with E-state index in [-0.39, 0.29) is 12.2 Å². The maximum Gasteiger partial charge on any atom is 0.137 e. The van der Waals surface area contributed by atoms with Gasteiger partial charge in [0.1, 0.15) is 11.6 Å². The first kappa shape index (κ1) is 13.2. The Bertz CT molecular complexity index is 557. The molecule has 94 valence electrons. The molecule has 1 unspecified atom stereocenters. The molecule has 0 radical (unpaired) electrons. The number of halogens is 3. The van der Waals surface area contributed by atoms with Crippen LogP contribution in [0.1, 0.15) is 17.2 Å². The van der Waals surface area contributed by atoms with Crippen molar-refractivity contribution in [2.75, 3.05) is 0 Å². The van der Waals surface area contributed by atoms with Gasteiger partial charge < -0.3 is 5.11 Å². The minimum Gasteiger partial charge on any atom is -0.388 e. The molecule has 0 saturated carbocycles. The highest BCUT2D eigenvalue weighted by molar-refractivity contribution is 9.10. The Balaban J connectivity index is 2.21. The third-order valence-corrected chi connectivity index (χ3v) is 3.57. The number of aliphatic hydroxyl groups is 1. The van der Waals surface area contributed by atoms with Gasteiger partial charge in [-0.1, -0.05) is 24.3 Å². The summed E-state index contributed by atoms with van der Waals surface area (Å²) < 4.78 is 26.7. The summed E-state index contributed by atoms with van der Waals surface area (Å²) >= 11 is 3.14. The first-order chi connectivity index (χ1) is 8.58. The van der Waals surface area contributed by atoms with E-state index in [9.17, 15) is 13.9 Å². The maximum atomic E-state index is 13.3. The van der Waals surface area contributed by atoms with Crippen molar-refractivity contribution in [2.45, 2.75) is 12.5 Å². The standard InChI is InChI=1S/C14H11BrF2O/c15-14-10(4-2-6-12(14)17)8-13(18)9-3-1-5-11(16)7-9/h1-7,13,18H,8H2. The average molecular weight is 313 g/mol. The maximum absolute atomic E-state index is 13.3. The molecule has 0 aliphatic rings. The van der Waals surface area contributed by atoms with Crippen molar-refractivity contribution in [2.24, 2.45) is 0 Å². The molecule has 0 aliphatic heterocycles. The van der Waals surface area contributed by atoms with E-state index in [0.717, 1.165) is 0 Å². The first-order valence-corrected chi connectivity index (χ1v) is 6.23. The monoisotopic (exact) mass is 312 g/mol. The fourth-order valence-electron chi connectivity index (χ4n) is 1.75. The van der Waals surface area contributed by atoms with Crippen molar-refractivity contribution < 1.29 is 13.9 Å². The highest BCUT2D eigenvalue weighted by Crippen LogP contribution is 2.26. The van der Waals surface area contributed by atoms with E-state index in [1.54, 1.807) is 18.2 Å². The molecule has 0 fully saturated rings. The van der Waals surface area contributed by atoms with E-state index in [4.69, 9.17) is 0 Å². The molecule has 0 heterocycles. The zero-order chi connectivity index (χ0) is 13.1. The van der Waals surface area contributed by atoms with Crippen LogP contribution in [0.2, 0.25) is 0 Å². The molecule has 0 saturated heterocycles. The van der Waals surface area contributed by atoms with Gasteiger partial charge in [-0.05, 0) is 45.3 Å². The Hall–Kier alpha value is -1.26. The summed E-state index contributed by atoms with van der Waals surface area (Å²) in [6.45, 7) is 0. The van der Waals surface area contributed by atoms with Crippen LogP contribution in [0.25, 0.3) is 0 Å². The Morgan fingerprint density at radius 1 is 1.11 bits per heavy atom. The molecule has 1 atom stereocenters. The third-order valence-electron chi connectivity index (χ3n) is 2.68. The van der Waals surface area contributed by atoms with Crippen molar-refractivity contribution in [3.63, 3.8) is 0 Å². The quantitative estimate of drug-likeness (QED) is 0.908. The van der Waals surface area contributed by atoms with Crippen LogP contribution >= 0.6 is 15.9 Å². The molecule has 2 rings (SSSR count). The Morgan fingerprint density at radius 2 is 1.83 bits per heavy atom. The zero-order valence-electron chi connectivity index (χ0n) is 9.41. The fourth-order valence-corrected chi connectivity index (χ4v) is 2.17. The van der Waals surface area contributed by atoms with Gasteiger partial charge in [0.15, 0.2) is 0 Å². The fraction of sp³-hybridized carbons (Fsp3) is 0.143. The molecule has 18 heavy (non-hydrogen) atoms. The van der Waals surface area contributed by atoms with Gasteiger partial charge in [-0.25, -0.2) is 8.78 Å². The molecule has 0 aliphatic carbocycles. The summed E-state index contributed by atoms with van der Waals surface area (Å²) in [6.07, 6.45) is -0.638. The number of hydrogen-bond acceptors (Lipinski definition) is 1. The van der Waals surface area contributed by atoms with Crippen LogP contribution in [0.5, 0.6) is 0 Å². The number of hydrogen-bond donors (Lipinski definition) is 1. The number of aliphatic hydroxyl groups excluding tert-OH is 1. The molecular weight excluding hydrogens is 302 g/mol. The predicted molar refractivity (Wildman–Crippen MR) is 69.2 cm³/mol. The van der Waals surface area contributed by atoms with Gasteiger partial charge >= 0.3 is 0 Å². The topological polar surface area (TPSA) is 20.2 Å². The lowest BCUT2D eigenvalue weighted by atomic mass is 10.0. The molecule has 1 N–H and O–H groups in total. The van der Waals surface area contributed by atoms with Gasteiger partial charge in [0.05, 0.1) is 10.6 Å². The third kappa shape index (κ3) is 2.94. The van der Waals surface area contributed by atoms with Crippen molar-refractivity contribution in [3.05, 3.63) is 69.7 Å². The van der Waals surface area contributed by atoms with Crippen LogP contribution in [0, 0.1) is 11.6 Å². The zero-order valence-corrected chi connectivity index (χ0v) is 11.0. The van der Waals surface area contributed by atoms with Crippen molar-refractivity contribution >= 4 is 15.9 Å². The minimum absolute atomic E-state index is 0.224. The van der Waals surface area contributed by atoms with Gasteiger partial charge in [0.2, 0.25) is 0 Å². The van der Waals surface area contributed by atoms with Crippen molar-refractivity contribution in [1.82, 2.24) is 0 Å². The van der Waals surface area contributed by atoms with Gasteiger partial charge in [-0.2, -0.15) is 0 Å². The molecule has 0 aromatic heterocycles. The van der Waals surface area contributed by atoms with Crippen LogP contribution in [0.3, 0.4) is 0 Å². The molecule has 0 amide bonds. The Morgan fingerprint density at radius 3 is 2.56 bits per heavy atom. The average Bonchev–Trinajstić information content (AvgIpc) is 2.35. The van der Waals surface area contributed by atoms with Gasteiger partial charge in [-0.15, -0.1) is 0 Å². The highest BCUT2D eigenvalue weighted by Gasteiger charge is 2.13. The highest BCUT2D eigenvalue weighted by atomic mass is 79.9. The van der Waals surface area contributed by atoms with Crippen LogP contribution in [0.15, 0.2) is 46.9 Å². The van der Waals surface area contributed by atoms with E-state index in [1.807, 2.05) is 0 Å². The second kappa shape index (κ2) is 5.59. The lowest BCUT2D eigenvalue weighted by Gasteiger charge is -2.12. The summed E-state index contributed by atoms with van der Waals surface area (Å²) in [5, 5.41) is 10.0. The molecule has 4 heteroatoms. The van der Waals surface area contributed by atoms with E-state index in [0.29, 0.717) is 15.6 Å². The predicted octanol–water partition coefficient (Wildman–Crippen LogP) is 4.00. The minimum atomic E-state index is -0.862. The SMILES string of the molecule is OC(Cc1cccc(F)c1Br)c1cccc(F)c1. The summed E-state index contributed by atoms with van der Waals surface area (Å²) in [4.78, 5) is 0. The lowest BCUT2D eigenvalue weighted by molar-refractivity contribution is 0.177. The Labute approximate surface area is 112 Å². The van der Waals surface area contributed by atoms with E-state index in [2.05, 4.69) is 15.9 Å². The second-order valence-corrected chi connectivity index (χ2v) is 4.78. The molecule has 2 aromatic rings. The van der Waals surface area contributed by atoms with Crippen LogP contribution in [-0.4, -0.2) is 5.11 Å². The van der Waals surface area contributed by atoms with E-state index < -0.39 is 11.9 Å². The summed E-state index contributed by atoms with van der Waals surface area (Å²) in [7, 11) is 0. The summed E-state index contributed by atoms with van der Waals surface area (Å²) in [5.41, 5.74) is 1.12. The Kier molecular flexibility index (Phi) is 4.09. The summed E-state index contributed by atoms with van der Waals surface area (Å²) in [6, 6.07) is 10.4. The molecule has 0 bridgehead atoms. The van der Waals surface area contributed by atoms with E-state index >= 15 is 0 Å². The number of rotatable bonds is 3. The van der Waals surface area contributed by atoms with Gasteiger partial charge in [0.25, 0.3) is 0 Å². The second-order valence-electron chi connectivity index (χ2n) is 3.99. The normalized spacial score (nSPS) is 12.4. The molecule has 2 aromatic carbocycles. The largest absolute Gasteiger partial charge is 0.388 e. The summed E-state index contributed by atoms with van der Waals surface area (Å²) in [5.74, 6) is -0.774. The van der Waals surface area contributed by atoms with E-state index in [1.165, 1.54) is 24.3 Å². The van der Waals surface area contributed by atoms with Crippen LogP contribution in [0.4, 0.5) is 8.78 Å². The van der Waals surface area contributed by atoms with Crippen LogP contribution < -0.4 is 0 Å². The first-order valence-electron chi connectivity index (χ1n) is 5.44. The smallest absolute Gasteiger partial charge is 0.137 e. The lowest BCUT2D eigenvalue weighted by Crippen LogP contribution is -2.03. The van der Waals surface area contributed by atoms with Gasteiger partial charge in [0, 0.05) is 6.42 Å². The van der Waals surface area contributed by atoms with Crippen molar-refractivity contribution in [3.8, 4) is 0 Å². The number of benzene rings is 2. The molecular formula is C14H11BrF2O. The molecule has 1 nitrogen and oxygen atoms in total. The molecule has 0 spiro atoms. The van der Waals surface area contributed by atoms with Crippen LogP contribution in [-0.2, 0) is 6.42 Å². The van der Waals surface area contributed by atoms with Crippen molar-refractivity contribution in [1.29, 1.82) is 0 Å². The van der Waals surface area contributed by atoms with Gasteiger partial charge in [-0.3, -0.25) is 0 Å².